The van der Waals surface area contributed by atoms with Crippen molar-refractivity contribution in [2.24, 2.45) is 0 Å². The highest BCUT2D eigenvalue weighted by atomic mass is 16.5. The van der Waals surface area contributed by atoms with E-state index in [9.17, 15) is 0 Å². The van der Waals surface area contributed by atoms with Gasteiger partial charge in [-0.05, 0) is 49.2 Å². The summed E-state index contributed by atoms with van der Waals surface area (Å²) in [5, 5.41) is 3.49. The molecular formula is C16H21N3O. The Morgan fingerprint density at radius 3 is 2.75 bits per heavy atom. The van der Waals surface area contributed by atoms with Crippen molar-refractivity contribution in [3.05, 3.63) is 53.6 Å². The number of ether oxygens (including phenoxy) is 1. The number of aromatic nitrogens is 2. The van der Waals surface area contributed by atoms with Crippen LogP contribution in [0.25, 0.3) is 0 Å². The fraction of sp³-hybridized carbons (Fsp3) is 0.375. The lowest BCUT2D eigenvalue weighted by Crippen LogP contribution is -2.23. The molecule has 4 nitrogen and oxygen atoms in total. The minimum absolute atomic E-state index is 0.0848. The van der Waals surface area contributed by atoms with Gasteiger partial charge in [0.25, 0.3) is 0 Å². The van der Waals surface area contributed by atoms with Crippen LogP contribution >= 0.6 is 0 Å². The van der Waals surface area contributed by atoms with Gasteiger partial charge in [-0.15, -0.1) is 0 Å². The molecule has 0 spiro atoms. The molecule has 0 saturated heterocycles. The summed E-state index contributed by atoms with van der Waals surface area (Å²) in [6.45, 7) is 7.68. The van der Waals surface area contributed by atoms with Crippen molar-refractivity contribution >= 4 is 0 Å². The van der Waals surface area contributed by atoms with Crippen molar-refractivity contribution in [3.8, 4) is 5.75 Å². The zero-order chi connectivity index (χ0) is 14.4. The van der Waals surface area contributed by atoms with E-state index in [2.05, 4.69) is 29.1 Å². The topological polar surface area (TPSA) is 47.0 Å². The molecule has 0 aromatic carbocycles. The van der Waals surface area contributed by atoms with Gasteiger partial charge in [0.05, 0.1) is 18.8 Å². The average molecular weight is 271 g/mol. The Morgan fingerprint density at radius 1 is 1.20 bits per heavy atom. The summed E-state index contributed by atoms with van der Waals surface area (Å²) in [6.07, 6.45) is 7.35. The average Bonchev–Trinajstić information content (AvgIpc) is 2.46. The summed E-state index contributed by atoms with van der Waals surface area (Å²) in [5.41, 5.74) is 3.48. The fourth-order valence-electron chi connectivity index (χ4n) is 2.23. The van der Waals surface area contributed by atoms with Crippen LogP contribution in [0.5, 0.6) is 5.75 Å². The first-order valence-electron chi connectivity index (χ1n) is 6.97. The molecule has 0 saturated carbocycles. The maximum atomic E-state index is 5.54. The van der Waals surface area contributed by atoms with Gasteiger partial charge in [-0.3, -0.25) is 9.97 Å². The SMILES string of the molecule is CCNC(c1cncc(OCC)c1)c1cnccc1C. The summed E-state index contributed by atoms with van der Waals surface area (Å²) in [7, 11) is 0. The van der Waals surface area contributed by atoms with Gasteiger partial charge in [0.1, 0.15) is 5.75 Å². The molecule has 0 radical (unpaired) electrons. The van der Waals surface area contributed by atoms with E-state index < -0.39 is 0 Å². The van der Waals surface area contributed by atoms with Gasteiger partial charge < -0.3 is 10.1 Å². The minimum atomic E-state index is 0.0848. The summed E-state index contributed by atoms with van der Waals surface area (Å²) in [5.74, 6) is 0.800. The lowest BCUT2D eigenvalue weighted by atomic mass is 9.98. The van der Waals surface area contributed by atoms with E-state index in [1.807, 2.05) is 37.6 Å². The summed E-state index contributed by atoms with van der Waals surface area (Å²) < 4.78 is 5.54. The van der Waals surface area contributed by atoms with E-state index in [1.165, 1.54) is 11.1 Å². The van der Waals surface area contributed by atoms with Crippen LogP contribution in [0.1, 0.15) is 36.6 Å². The first-order chi connectivity index (χ1) is 9.76. The van der Waals surface area contributed by atoms with Gasteiger partial charge in [-0.25, -0.2) is 0 Å². The van der Waals surface area contributed by atoms with E-state index in [1.54, 1.807) is 6.20 Å². The Labute approximate surface area is 120 Å². The fourth-order valence-corrected chi connectivity index (χ4v) is 2.23. The van der Waals surface area contributed by atoms with Gasteiger partial charge in [-0.1, -0.05) is 6.92 Å². The Morgan fingerprint density at radius 2 is 2.05 bits per heavy atom. The standard InChI is InChI=1S/C16H21N3O/c1-4-19-16(15-11-17-7-6-12(15)3)13-8-14(20-5-2)10-18-9-13/h6-11,16,19H,4-5H2,1-3H3. The highest BCUT2D eigenvalue weighted by Crippen LogP contribution is 2.25. The maximum absolute atomic E-state index is 5.54. The van der Waals surface area contributed by atoms with Crippen LogP contribution in [0.4, 0.5) is 0 Å². The molecule has 2 heterocycles. The highest BCUT2D eigenvalue weighted by Gasteiger charge is 2.16. The second kappa shape index (κ2) is 7.01. The third-order valence-corrected chi connectivity index (χ3v) is 3.18. The second-order valence-electron chi connectivity index (χ2n) is 4.61. The Kier molecular flexibility index (Phi) is 5.07. The Bertz CT molecular complexity index is 557. The quantitative estimate of drug-likeness (QED) is 0.877. The van der Waals surface area contributed by atoms with E-state index in [0.29, 0.717) is 6.61 Å². The van der Waals surface area contributed by atoms with Crippen molar-refractivity contribution < 1.29 is 4.74 Å². The number of hydrogen-bond donors (Lipinski definition) is 1. The molecule has 1 unspecified atom stereocenters. The van der Waals surface area contributed by atoms with Crippen molar-refractivity contribution in [2.45, 2.75) is 26.8 Å². The van der Waals surface area contributed by atoms with Crippen LogP contribution in [-0.2, 0) is 0 Å². The van der Waals surface area contributed by atoms with Gasteiger partial charge in [0.15, 0.2) is 0 Å². The number of pyridine rings is 2. The summed E-state index contributed by atoms with van der Waals surface area (Å²) >= 11 is 0. The molecule has 106 valence electrons. The van der Waals surface area contributed by atoms with Crippen LogP contribution in [0.3, 0.4) is 0 Å². The number of aryl methyl sites for hydroxylation is 1. The largest absolute Gasteiger partial charge is 0.492 e. The highest BCUT2D eigenvalue weighted by molar-refractivity contribution is 5.36. The third-order valence-electron chi connectivity index (χ3n) is 3.18. The summed E-state index contributed by atoms with van der Waals surface area (Å²) in [4.78, 5) is 8.52. The monoisotopic (exact) mass is 271 g/mol. The zero-order valence-corrected chi connectivity index (χ0v) is 12.3. The Balaban J connectivity index is 2.38. The van der Waals surface area contributed by atoms with Crippen LogP contribution < -0.4 is 10.1 Å². The lowest BCUT2D eigenvalue weighted by molar-refractivity contribution is 0.338. The Hall–Kier alpha value is -1.94. The summed E-state index contributed by atoms with van der Waals surface area (Å²) in [6, 6.07) is 4.15. The molecule has 2 aromatic rings. The smallest absolute Gasteiger partial charge is 0.137 e. The van der Waals surface area contributed by atoms with Crippen molar-refractivity contribution in [3.63, 3.8) is 0 Å². The van der Waals surface area contributed by atoms with Crippen LogP contribution in [0.2, 0.25) is 0 Å². The van der Waals surface area contributed by atoms with Gasteiger partial charge in [0, 0.05) is 18.6 Å². The minimum Gasteiger partial charge on any atom is -0.492 e. The van der Waals surface area contributed by atoms with E-state index in [-0.39, 0.29) is 6.04 Å². The van der Waals surface area contributed by atoms with Gasteiger partial charge in [-0.2, -0.15) is 0 Å². The molecule has 1 N–H and O–H groups in total. The van der Waals surface area contributed by atoms with Crippen LogP contribution in [-0.4, -0.2) is 23.1 Å². The molecule has 0 aliphatic heterocycles. The number of nitrogens with one attached hydrogen (secondary N) is 1. The lowest BCUT2D eigenvalue weighted by Gasteiger charge is -2.20. The molecule has 0 amide bonds. The van der Waals surface area contributed by atoms with Gasteiger partial charge in [0.2, 0.25) is 0 Å². The molecule has 1 atom stereocenters. The van der Waals surface area contributed by atoms with Crippen molar-refractivity contribution in [2.75, 3.05) is 13.2 Å². The number of rotatable bonds is 6. The maximum Gasteiger partial charge on any atom is 0.137 e. The van der Waals surface area contributed by atoms with Crippen LogP contribution in [0.15, 0.2) is 36.9 Å². The van der Waals surface area contributed by atoms with E-state index in [4.69, 9.17) is 4.74 Å². The van der Waals surface area contributed by atoms with Crippen LogP contribution in [0, 0.1) is 6.92 Å². The second-order valence-corrected chi connectivity index (χ2v) is 4.61. The van der Waals surface area contributed by atoms with E-state index in [0.717, 1.165) is 17.9 Å². The molecule has 0 aliphatic carbocycles. The molecular weight excluding hydrogens is 250 g/mol. The predicted molar refractivity (Wildman–Crippen MR) is 79.9 cm³/mol. The molecule has 20 heavy (non-hydrogen) atoms. The van der Waals surface area contributed by atoms with E-state index >= 15 is 0 Å². The number of nitrogens with zero attached hydrogens (tertiary/aromatic N) is 2. The molecule has 0 fully saturated rings. The van der Waals surface area contributed by atoms with Crippen molar-refractivity contribution in [1.29, 1.82) is 0 Å². The van der Waals surface area contributed by atoms with Gasteiger partial charge >= 0.3 is 0 Å². The third kappa shape index (κ3) is 3.33. The van der Waals surface area contributed by atoms with Crippen molar-refractivity contribution in [1.82, 2.24) is 15.3 Å². The predicted octanol–water partition coefficient (Wildman–Crippen LogP) is 2.88. The molecule has 2 rings (SSSR count). The molecule has 2 aromatic heterocycles. The molecule has 4 heteroatoms. The first-order valence-corrected chi connectivity index (χ1v) is 6.97. The number of hydrogen-bond acceptors (Lipinski definition) is 4. The first kappa shape index (κ1) is 14.5. The zero-order valence-electron chi connectivity index (χ0n) is 12.3. The normalized spacial score (nSPS) is 12.2. The molecule has 0 bridgehead atoms. The molecule has 0 aliphatic rings.